The minimum absolute atomic E-state index is 0.221. The highest BCUT2D eigenvalue weighted by molar-refractivity contribution is 6.05. The van der Waals surface area contributed by atoms with E-state index in [1.807, 2.05) is 6.07 Å². The maximum atomic E-state index is 13.3. The Morgan fingerprint density at radius 3 is 2.17 bits per heavy atom. The van der Waals surface area contributed by atoms with Crippen LogP contribution in [0.3, 0.4) is 0 Å². The van der Waals surface area contributed by atoms with Crippen molar-refractivity contribution in [1.29, 1.82) is 0 Å². The van der Waals surface area contributed by atoms with Gasteiger partial charge in [-0.25, -0.2) is 9.78 Å². The lowest BCUT2D eigenvalue weighted by atomic mass is 10.0. The number of nitrogens with zero attached hydrogens (tertiary/aromatic N) is 3. The maximum absolute atomic E-state index is 13.3. The molecular formula is C30H29N3O8. The first-order chi connectivity index (χ1) is 19.9. The molecule has 0 spiro atoms. The Morgan fingerprint density at radius 1 is 0.854 bits per heavy atom. The molecule has 0 radical (unpaired) electrons. The van der Waals surface area contributed by atoms with Crippen LogP contribution in [-0.2, 0) is 9.53 Å². The van der Waals surface area contributed by atoms with Gasteiger partial charge in [0.25, 0.3) is 11.8 Å². The zero-order valence-corrected chi connectivity index (χ0v) is 22.9. The summed E-state index contributed by atoms with van der Waals surface area (Å²) < 4.78 is 27.0. The smallest absolute Gasteiger partial charge is 0.339 e. The van der Waals surface area contributed by atoms with Crippen molar-refractivity contribution in [2.75, 3.05) is 54.1 Å². The second kappa shape index (κ2) is 12.0. The molecule has 0 atom stereocenters. The quantitative estimate of drug-likeness (QED) is 0.298. The second-order valence-corrected chi connectivity index (χ2v) is 9.21. The van der Waals surface area contributed by atoms with E-state index in [4.69, 9.17) is 28.3 Å². The number of esters is 1. The van der Waals surface area contributed by atoms with Crippen LogP contribution in [0, 0.1) is 0 Å². The van der Waals surface area contributed by atoms with E-state index in [9.17, 15) is 14.4 Å². The number of carbonyl (C=O) groups is 3. The van der Waals surface area contributed by atoms with Gasteiger partial charge in [0.15, 0.2) is 23.9 Å². The minimum Gasteiger partial charge on any atom is -0.493 e. The second-order valence-electron chi connectivity index (χ2n) is 9.21. The molecule has 11 heteroatoms. The molecule has 2 amide bonds. The fourth-order valence-corrected chi connectivity index (χ4v) is 4.73. The number of rotatable bonds is 8. The topological polar surface area (TPSA) is 121 Å². The Bertz CT molecular complexity index is 1550. The van der Waals surface area contributed by atoms with Crippen LogP contribution in [0.4, 0.5) is 0 Å². The number of fused-ring (bicyclic) bond motifs is 1. The lowest BCUT2D eigenvalue weighted by molar-refractivity contribution is -0.136. The largest absolute Gasteiger partial charge is 0.493 e. The van der Waals surface area contributed by atoms with Crippen LogP contribution in [-0.4, -0.2) is 86.7 Å². The van der Waals surface area contributed by atoms with Crippen LogP contribution in [0.15, 0.2) is 65.3 Å². The zero-order chi connectivity index (χ0) is 28.9. The first-order valence-electron chi connectivity index (χ1n) is 12.9. The Balaban J connectivity index is 1.32. The fraction of sp³-hybridized carbons (Fsp3) is 0.267. The third-order valence-electron chi connectivity index (χ3n) is 6.87. The van der Waals surface area contributed by atoms with E-state index in [0.717, 1.165) is 0 Å². The third kappa shape index (κ3) is 5.65. The van der Waals surface area contributed by atoms with Crippen molar-refractivity contribution in [1.82, 2.24) is 14.8 Å². The Hall–Kier alpha value is -5.06. The summed E-state index contributed by atoms with van der Waals surface area (Å²) in [6, 6.07) is 15.6. The molecular weight excluding hydrogens is 530 g/mol. The van der Waals surface area contributed by atoms with Gasteiger partial charge in [0.2, 0.25) is 5.75 Å². The van der Waals surface area contributed by atoms with Gasteiger partial charge in [-0.3, -0.25) is 9.59 Å². The molecule has 1 aliphatic heterocycles. The van der Waals surface area contributed by atoms with E-state index in [2.05, 4.69) is 0 Å². The van der Waals surface area contributed by atoms with Crippen molar-refractivity contribution >= 4 is 28.7 Å². The summed E-state index contributed by atoms with van der Waals surface area (Å²) in [5.74, 6) is 0.359. The Kier molecular flexibility index (Phi) is 8.04. The number of ether oxygens (including phenoxy) is 4. The summed E-state index contributed by atoms with van der Waals surface area (Å²) >= 11 is 0. The molecule has 2 aromatic carbocycles. The number of furan rings is 1. The van der Waals surface area contributed by atoms with Crippen molar-refractivity contribution in [3.8, 4) is 28.5 Å². The van der Waals surface area contributed by atoms with Gasteiger partial charge in [-0.05, 0) is 36.4 Å². The van der Waals surface area contributed by atoms with E-state index in [1.165, 1.54) is 27.6 Å². The number of carbonyl (C=O) groups excluding carboxylic acids is 3. The molecule has 4 aromatic rings. The summed E-state index contributed by atoms with van der Waals surface area (Å²) in [7, 11) is 4.56. The first kappa shape index (κ1) is 27.5. The number of para-hydroxylation sites is 1. The molecule has 1 aliphatic rings. The minimum atomic E-state index is -0.655. The van der Waals surface area contributed by atoms with Crippen LogP contribution in [0.5, 0.6) is 17.2 Å². The van der Waals surface area contributed by atoms with Gasteiger partial charge in [0.05, 0.1) is 44.4 Å². The highest BCUT2D eigenvalue weighted by Crippen LogP contribution is 2.41. The molecule has 11 nitrogen and oxygen atoms in total. The summed E-state index contributed by atoms with van der Waals surface area (Å²) in [6.45, 7) is 0.929. The molecule has 41 heavy (non-hydrogen) atoms. The van der Waals surface area contributed by atoms with Crippen LogP contribution in [0.1, 0.15) is 20.9 Å². The number of aromatic nitrogens is 1. The number of pyridine rings is 1. The van der Waals surface area contributed by atoms with Crippen molar-refractivity contribution < 1.29 is 37.7 Å². The number of hydrogen-bond donors (Lipinski definition) is 0. The molecule has 1 saturated heterocycles. The van der Waals surface area contributed by atoms with Crippen LogP contribution >= 0.6 is 0 Å². The van der Waals surface area contributed by atoms with Crippen molar-refractivity contribution in [3.05, 3.63) is 72.2 Å². The molecule has 0 saturated carbocycles. The van der Waals surface area contributed by atoms with Crippen LogP contribution < -0.4 is 14.2 Å². The normalized spacial score (nSPS) is 13.1. The molecule has 3 heterocycles. The van der Waals surface area contributed by atoms with Crippen molar-refractivity contribution in [3.63, 3.8) is 0 Å². The number of amides is 2. The monoisotopic (exact) mass is 559 g/mol. The third-order valence-corrected chi connectivity index (χ3v) is 6.87. The first-order valence-corrected chi connectivity index (χ1v) is 12.9. The van der Waals surface area contributed by atoms with E-state index in [1.54, 1.807) is 58.3 Å². The number of methoxy groups -OCH3 is 3. The summed E-state index contributed by atoms with van der Waals surface area (Å²) in [4.78, 5) is 46.6. The van der Waals surface area contributed by atoms with Gasteiger partial charge < -0.3 is 33.2 Å². The van der Waals surface area contributed by atoms with E-state index in [0.29, 0.717) is 65.6 Å². The van der Waals surface area contributed by atoms with E-state index >= 15 is 0 Å². The maximum Gasteiger partial charge on any atom is 0.339 e. The molecule has 1 fully saturated rings. The van der Waals surface area contributed by atoms with Gasteiger partial charge in [-0.1, -0.05) is 18.2 Å². The lowest BCUT2D eigenvalue weighted by Gasteiger charge is -2.34. The molecule has 0 unspecified atom stereocenters. The van der Waals surface area contributed by atoms with Crippen molar-refractivity contribution in [2.45, 2.75) is 0 Å². The van der Waals surface area contributed by atoms with Gasteiger partial charge in [-0.2, -0.15) is 0 Å². The average Bonchev–Trinajstić information content (AvgIpc) is 3.57. The standard InChI is InChI=1S/C30H29N3O8/c1-37-25-15-19(16-26(38-2)28(25)39-3)23-17-21(20-7-4-5-8-22(20)31-23)30(36)41-18-27(34)32-10-12-33(13-11-32)29(35)24-9-6-14-40-24/h4-9,14-17H,10-13,18H2,1-3H3. The number of piperazine rings is 1. The predicted molar refractivity (Wildman–Crippen MR) is 148 cm³/mol. The average molecular weight is 560 g/mol. The predicted octanol–water partition coefficient (Wildman–Crippen LogP) is 3.66. The summed E-state index contributed by atoms with van der Waals surface area (Å²) in [5, 5.41) is 0.589. The highest BCUT2D eigenvalue weighted by atomic mass is 16.5. The molecule has 0 aliphatic carbocycles. The number of hydrogen-bond acceptors (Lipinski definition) is 9. The summed E-state index contributed by atoms with van der Waals surface area (Å²) in [5.41, 5.74) is 1.96. The number of benzene rings is 2. The van der Waals surface area contributed by atoms with Crippen LogP contribution in [0.25, 0.3) is 22.2 Å². The van der Waals surface area contributed by atoms with Crippen molar-refractivity contribution in [2.24, 2.45) is 0 Å². The van der Waals surface area contributed by atoms with Gasteiger partial charge in [0, 0.05) is 37.1 Å². The Labute approximate surface area is 236 Å². The Morgan fingerprint density at radius 2 is 1.54 bits per heavy atom. The summed E-state index contributed by atoms with van der Waals surface area (Å²) in [6.07, 6.45) is 1.45. The molecule has 2 aromatic heterocycles. The molecule has 0 N–H and O–H groups in total. The van der Waals surface area contributed by atoms with Gasteiger partial charge in [-0.15, -0.1) is 0 Å². The molecule has 5 rings (SSSR count). The fourth-order valence-electron chi connectivity index (χ4n) is 4.73. The highest BCUT2D eigenvalue weighted by Gasteiger charge is 2.27. The zero-order valence-electron chi connectivity index (χ0n) is 22.9. The van der Waals surface area contributed by atoms with E-state index < -0.39 is 12.6 Å². The molecule has 212 valence electrons. The van der Waals surface area contributed by atoms with Gasteiger partial charge >= 0.3 is 5.97 Å². The molecule has 0 bridgehead atoms. The SMILES string of the molecule is COc1cc(-c2cc(C(=O)OCC(=O)N3CCN(C(=O)c4ccco4)CC3)c3ccccc3n2)cc(OC)c1OC. The lowest BCUT2D eigenvalue weighted by Crippen LogP contribution is -2.51. The van der Waals surface area contributed by atoms with Crippen LogP contribution in [0.2, 0.25) is 0 Å². The van der Waals surface area contributed by atoms with E-state index in [-0.39, 0.29) is 23.1 Å². The van der Waals surface area contributed by atoms with Gasteiger partial charge in [0.1, 0.15) is 0 Å².